The molecule has 3 heterocycles. The lowest BCUT2D eigenvalue weighted by Gasteiger charge is -2.35. The molecule has 0 N–H and O–H groups in total. The third-order valence-electron chi connectivity index (χ3n) is 4.07. The van der Waals surface area contributed by atoms with E-state index in [2.05, 4.69) is 35.9 Å². The maximum Gasteiger partial charge on any atom is 0.124 e. The normalized spacial score (nSPS) is 20.4. The van der Waals surface area contributed by atoms with E-state index < -0.39 is 0 Å². The van der Waals surface area contributed by atoms with Crippen LogP contribution < -0.4 is 0 Å². The molecule has 2 aromatic heterocycles. The maximum absolute atomic E-state index is 4.69. The Labute approximate surface area is 124 Å². The first-order valence-corrected chi connectivity index (χ1v) is 8.22. The van der Waals surface area contributed by atoms with Gasteiger partial charge in [0.2, 0.25) is 0 Å². The van der Waals surface area contributed by atoms with Crippen LogP contribution in [0.2, 0.25) is 0 Å². The number of hydrogen-bond acceptors (Lipinski definition) is 4. The summed E-state index contributed by atoms with van der Waals surface area (Å²) in [6, 6.07) is 4.98. The van der Waals surface area contributed by atoms with Gasteiger partial charge in [0.15, 0.2) is 0 Å². The summed E-state index contributed by atoms with van der Waals surface area (Å²) < 4.78 is 0. The van der Waals surface area contributed by atoms with Gasteiger partial charge >= 0.3 is 0 Å². The summed E-state index contributed by atoms with van der Waals surface area (Å²) in [5.41, 5.74) is 2.36. The van der Waals surface area contributed by atoms with E-state index >= 15 is 0 Å². The van der Waals surface area contributed by atoms with Crippen molar-refractivity contribution < 1.29 is 0 Å². The lowest BCUT2D eigenvalue weighted by molar-refractivity contribution is 0.166. The predicted octanol–water partition coefficient (Wildman–Crippen LogP) is 3.79. The van der Waals surface area contributed by atoms with E-state index in [-0.39, 0.29) is 0 Å². The van der Waals surface area contributed by atoms with Crippen LogP contribution in [0.1, 0.15) is 38.3 Å². The van der Waals surface area contributed by atoms with Crippen LogP contribution in [0.4, 0.5) is 0 Å². The average Bonchev–Trinajstić information content (AvgIpc) is 3.02. The Hall–Kier alpha value is -1.26. The number of thiazole rings is 1. The fourth-order valence-corrected chi connectivity index (χ4v) is 3.49. The van der Waals surface area contributed by atoms with Crippen molar-refractivity contribution in [2.45, 2.75) is 38.6 Å². The molecule has 1 atom stereocenters. The van der Waals surface area contributed by atoms with E-state index in [4.69, 9.17) is 4.98 Å². The molecule has 0 aromatic carbocycles. The number of likely N-dealkylation sites (tertiary alicyclic amines) is 1. The summed E-state index contributed by atoms with van der Waals surface area (Å²) in [5, 5.41) is 3.06. The molecule has 1 fully saturated rings. The number of nitrogens with zero attached hydrogens (tertiary/aromatic N) is 3. The zero-order valence-corrected chi connectivity index (χ0v) is 12.9. The van der Waals surface area contributed by atoms with E-state index in [1.807, 2.05) is 17.8 Å². The van der Waals surface area contributed by atoms with Gasteiger partial charge in [-0.2, -0.15) is 0 Å². The highest BCUT2D eigenvalue weighted by Gasteiger charge is 2.23. The van der Waals surface area contributed by atoms with Crippen molar-refractivity contribution in [3.63, 3.8) is 0 Å². The highest BCUT2D eigenvalue weighted by molar-refractivity contribution is 7.13. The van der Waals surface area contributed by atoms with Crippen molar-refractivity contribution in [2.24, 2.45) is 0 Å². The molecule has 0 saturated carbocycles. The fourth-order valence-electron chi connectivity index (χ4n) is 2.86. The van der Waals surface area contributed by atoms with Crippen LogP contribution in [0.25, 0.3) is 10.6 Å². The Morgan fingerprint density at radius 3 is 2.85 bits per heavy atom. The quantitative estimate of drug-likeness (QED) is 0.860. The number of rotatable bonds is 3. The highest BCUT2D eigenvalue weighted by Crippen LogP contribution is 2.28. The number of hydrogen-bond donors (Lipinski definition) is 0. The van der Waals surface area contributed by atoms with Crippen molar-refractivity contribution in [3.05, 3.63) is 35.6 Å². The van der Waals surface area contributed by atoms with Gasteiger partial charge in [-0.3, -0.25) is 4.98 Å². The predicted molar refractivity (Wildman–Crippen MR) is 84.0 cm³/mol. The smallest absolute Gasteiger partial charge is 0.124 e. The van der Waals surface area contributed by atoms with Crippen molar-refractivity contribution in [3.8, 4) is 10.6 Å². The minimum absolute atomic E-state index is 0.580. The molecule has 0 aliphatic carbocycles. The molecule has 1 aliphatic rings. The molecule has 0 spiro atoms. The first-order valence-electron chi connectivity index (χ1n) is 7.34. The van der Waals surface area contributed by atoms with Gasteiger partial charge in [-0.25, -0.2) is 4.98 Å². The first-order chi connectivity index (χ1) is 9.74. The van der Waals surface area contributed by atoms with Crippen molar-refractivity contribution >= 4 is 11.3 Å². The summed E-state index contributed by atoms with van der Waals surface area (Å²) in [6.07, 6.45) is 6.35. The molecular formula is C16H21N3S. The van der Waals surface area contributed by atoms with E-state index in [1.165, 1.54) is 25.1 Å². The topological polar surface area (TPSA) is 29.0 Å². The molecule has 0 bridgehead atoms. The molecule has 0 radical (unpaired) electrons. The van der Waals surface area contributed by atoms with E-state index in [0.717, 1.165) is 17.1 Å². The van der Waals surface area contributed by atoms with Gasteiger partial charge in [0.1, 0.15) is 5.01 Å². The Bertz CT molecular complexity index is 533. The minimum Gasteiger partial charge on any atom is -0.300 e. The van der Waals surface area contributed by atoms with Crippen LogP contribution >= 0.6 is 11.3 Å². The summed E-state index contributed by atoms with van der Waals surface area (Å²) >= 11 is 1.66. The van der Waals surface area contributed by atoms with E-state index in [0.29, 0.717) is 12.0 Å². The standard InChI is InChI=1S/C16H21N3S/c1-12(2)19-8-3-4-14(11-19)15-6-5-13(10-18-15)16-17-7-9-20-16/h5-7,9-10,12,14H,3-4,8,11H2,1-2H3/t14-/m0/s1. The summed E-state index contributed by atoms with van der Waals surface area (Å²) in [4.78, 5) is 11.6. The van der Waals surface area contributed by atoms with Crippen LogP contribution in [-0.2, 0) is 0 Å². The van der Waals surface area contributed by atoms with Gasteiger partial charge in [-0.05, 0) is 45.4 Å². The maximum atomic E-state index is 4.69. The second-order valence-corrected chi connectivity index (χ2v) is 6.63. The third-order valence-corrected chi connectivity index (χ3v) is 4.89. The third kappa shape index (κ3) is 2.91. The largest absolute Gasteiger partial charge is 0.300 e. The van der Waals surface area contributed by atoms with Gasteiger partial charge in [0, 0.05) is 47.5 Å². The Balaban J connectivity index is 1.74. The Morgan fingerprint density at radius 2 is 2.20 bits per heavy atom. The molecular weight excluding hydrogens is 266 g/mol. The van der Waals surface area contributed by atoms with Gasteiger partial charge in [-0.1, -0.05) is 0 Å². The first kappa shape index (κ1) is 13.7. The van der Waals surface area contributed by atoms with Crippen molar-refractivity contribution in [1.82, 2.24) is 14.9 Å². The van der Waals surface area contributed by atoms with Crippen molar-refractivity contribution in [1.29, 1.82) is 0 Å². The Morgan fingerprint density at radius 1 is 1.30 bits per heavy atom. The van der Waals surface area contributed by atoms with E-state index in [1.54, 1.807) is 11.3 Å². The molecule has 1 aliphatic heterocycles. The molecule has 0 amide bonds. The Kier molecular flexibility index (Phi) is 4.13. The van der Waals surface area contributed by atoms with Crippen LogP contribution in [0.3, 0.4) is 0 Å². The summed E-state index contributed by atoms with van der Waals surface area (Å²) in [7, 11) is 0. The molecule has 3 rings (SSSR count). The summed E-state index contributed by atoms with van der Waals surface area (Å²) in [6.45, 7) is 6.93. The average molecular weight is 287 g/mol. The molecule has 2 aromatic rings. The monoisotopic (exact) mass is 287 g/mol. The van der Waals surface area contributed by atoms with Crippen LogP contribution in [0, 0.1) is 0 Å². The van der Waals surface area contributed by atoms with Crippen LogP contribution in [-0.4, -0.2) is 34.0 Å². The van der Waals surface area contributed by atoms with Crippen LogP contribution in [0.15, 0.2) is 29.9 Å². The number of piperidine rings is 1. The molecule has 4 heteroatoms. The second kappa shape index (κ2) is 6.02. The van der Waals surface area contributed by atoms with E-state index in [9.17, 15) is 0 Å². The van der Waals surface area contributed by atoms with Gasteiger partial charge in [0.25, 0.3) is 0 Å². The van der Waals surface area contributed by atoms with Crippen LogP contribution in [0.5, 0.6) is 0 Å². The SMILES string of the molecule is CC(C)N1CCC[C@H](c2ccc(-c3nccs3)cn2)C1. The molecule has 3 nitrogen and oxygen atoms in total. The lowest BCUT2D eigenvalue weighted by atomic mass is 9.93. The lowest BCUT2D eigenvalue weighted by Crippen LogP contribution is -2.39. The molecule has 1 saturated heterocycles. The number of pyridine rings is 1. The second-order valence-electron chi connectivity index (χ2n) is 5.74. The molecule has 106 valence electrons. The zero-order valence-electron chi connectivity index (χ0n) is 12.1. The number of aromatic nitrogens is 2. The highest BCUT2D eigenvalue weighted by atomic mass is 32.1. The minimum atomic E-state index is 0.580. The molecule has 0 unspecified atom stereocenters. The summed E-state index contributed by atoms with van der Waals surface area (Å²) in [5.74, 6) is 0.580. The van der Waals surface area contributed by atoms with Gasteiger partial charge in [0.05, 0.1) is 0 Å². The zero-order chi connectivity index (χ0) is 13.9. The fraction of sp³-hybridized carbons (Fsp3) is 0.500. The van der Waals surface area contributed by atoms with Gasteiger partial charge in [-0.15, -0.1) is 11.3 Å². The molecule has 20 heavy (non-hydrogen) atoms. The van der Waals surface area contributed by atoms with Gasteiger partial charge < -0.3 is 4.90 Å². The van der Waals surface area contributed by atoms with Crippen molar-refractivity contribution in [2.75, 3.05) is 13.1 Å².